The van der Waals surface area contributed by atoms with Gasteiger partial charge in [-0.25, -0.2) is 4.98 Å². The number of hydrogen-bond acceptors (Lipinski definition) is 7. The first kappa shape index (κ1) is 17.6. The van der Waals surface area contributed by atoms with Gasteiger partial charge in [-0.2, -0.15) is 0 Å². The van der Waals surface area contributed by atoms with Gasteiger partial charge < -0.3 is 4.74 Å². The first-order valence-corrected chi connectivity index (χ1v) is 9.62. The van der Waals surface area contributed by atoms with Crippen LogP contribution in [-0.4, -0.2) is 32.3 Å². The third kappa shape index (κ3) is 3.55. The minimum absolute atomic E-state index is 0.0194. The third-order valence-electron chi connectivity index (χ3n) is 4.34. The van der Waals surface area contributed by atoms with Crippen molar-refractivity contribution in [2.75, 3.05) is 11.9 Å². The Kier molecular flexibility index (Phi) is 4.61. The molecule has 0 saturated carbocycles. The van der Waals surface area contributed by atoms with Gasteiger partial charge in [-0.15, -0.1) is 10.2 Å². The number of ether oxygens (including phenoxy) is 1. The molecule has 1 amide bonds. The molecule has 4 rings (SSSR count). The molecule has 0 bridgehead atoms. The normalized spacial score (nSPS) is 13.1. The number of amides is 1. The standard InChI is InChI=1S/C18H19N5O3S/c1-10(2)16-21-22-18(27-16)20-15(24)9-26-11-5-6-12-13(8-11)19-14-4-3-7-23(14)17(12)25/h5-6,8,10H,3-4,7,9H2,1-2H3,(H,20,22,24). The molecule has 3 heterocycles. The molecule has 3 aromatic rings. The Bertz CT molecular complexity index is 1070. The Morgan fingerprint density at radius 2 is 2.22 bits per heavy atom. The SMILES string of the molecule is CC(C)c1nnc(NC(=O)COc2ccc3c(=O)n4c(nc3c2)CCC4)s1. The summed E-state index contributed by atoms with van der Waals surface area (Å²) in [6.45, 7) is 4.60. The summed E-state index contributed by atoms with van der Waals surface area (Å²) >= 11 is 1.35. The van der Waals surface area contributed by atoms with Crippen molar-refractivity contribution in [1.82, 2.24) is 19.7 Å². The predicted octanol–water partition coefficient (Wildman–Crippen LogP) is 2.34. The van der Waals surface area contributed by atoms with E-state index in [9.17, 15) is 9.59 Å². The van der Waals surface area contributed by atoms with Crippen LogP contribution in [0.3, 0.4) is 0 Å². The van der Waals surface area contributed by atoms with Crippen molar-refractivity contribution in [2.45, 2.75) is 39.2 Å². The number of aryl methyl sites for hydroxylation is 1. The molecule has 27 heavy (non-hydrogen) atoms. The van der Waals surface area contributed by atoms with E-state index in [2.05, 4.69) is 20.5 Å². The van der Waals surface area contributed by atoms with E-state index in [1.807, 2.05) is 13.8 Å². The summed E-state index contributed by atoms with van der Waals surface area (Å²) in [6.07, 6.45) is 1.74. The van der Waals surface area contributed by atoms with Crippen LogP contribution in [0, 0.1) is 0 Å². The fourth-order valence-corrected chi connectivity index (χ4v) is 3.74. The number of fused-ring (bicyclic) bond motifs is 2. The summed E-state index contributed by atoms with van der Waals surface area (Å²) in [7, 11) is 0. The quantitative estimate of drug-likeness (QED) is 0.724. The lowest BCUT2D eigenvalue weighted by Crippen LogP contribution is -2.21. The Labute approximate surface area is 159 Å². The maximum atomic E-state index is 12.5. The molecule has 0 saturated heterocycles. The molecule has 1 aromatic carbocycles. The number of nitrogens with zero attached hydrogens (tertiary/aromatic N) is 4. The summed E-state index contributed by atoms with van der Waals surface area (Å²) < 4.78 is 7.28. The van der Waals surface area contributed by atoms with Gasteiger partial charge in [-0.05, 0) is 18.6 Å². The minimum Gasteiger partial charge on any atom is -0.484 e. The number of carbonyl (C=O) groups excluding carboxylic acids is 1. The molecule has 0 atom stereocenters. The molecule has 0 radical (unpaired) electrons. The molecule has 140 valence electrons. The number of carbonyl (C=O) groups is 1. The molecule has 0 unspecified atom stereocenters. The van der Waals surface area contributed by atoms with E-state index in [1.165, 1.54) is 11.3 Å². The van der Waals surface area contributed by atoms with Gasteiger partial charge in [0.25, 0.3) is 11.5 Å². The molecule has 8 nitrogen and oxygen atoms in total. The van der Waals surface area contributed by atoms with E-state index in [4.69, 9.17) is 4.74 Å². The molecule has 9 heteroatoms. The van der Waals surface area contributed by atoms with Crippen LogP contribution in [0.2, 0.25) is 0 Å². The highest BCUT2D eigenvalue weighted by molar-refractivity contribution is 7.15. The average Bonchev–Trinajstić information content (AvgIpc) is 3.29. The minimum atomic E-state index is -0.316. The lowest BCUT2D eigenvalue weighted by atomic mass is 10.2. The first-order valence-electron chi connectivity index (χ1n) is 8.81. The molecule has 1 aliphatic heterocycles. The van der Waals surface area contributed by atoms with E-state index < -0.39 is 0 Å². The highest BCUT2D eigenvalue weighted by atomic mass is 32.1. The van der Waals surface area contributed by atoms with Crippen molar-refractivity contribution < 1.29 is 9.53 Å². The summed E-state index contributed by atoms with van der Waals surface area (Å²) in [5, 5.41) is 12.5. The van der Waals surface area contributed by atoms with Crippen molar-refractivity contribution in [3.05, 3.63) is 39.4 Å². The number of rotatable bonds is 5. The average molecular weight is 385 g/mol. The van der Waals surface area contributed by atoms with E-state index >= 15 is 0 Å². The van der Waals surface area contributed by atoms with Crippen molar-refractivity contribution in [2.24, 2.45) is 0 Å². The van der Waals surface area contributed by atoms with E-state index in [0.29, 0.717) is 21.8 Å². The third-order valence-corrected chi connectivity index (χ3v) is 5.48. The fraction of sp³-hybridized carbons (Fsp3) is 0.389. The second-order valence-electron chi connectivity index (χ2n) is 6.70. The van der Waals surface area contributed by atoms with Gasteiger partial charge in [0.1, 0.15) is 16.6 Å². The van der Waals surface area contributed by atoms with E-state index in [-0.39, 0.29) is 24.0 Å². The maximum Gasteiger partial charge on any atom is 0.264 e. The van der Waals surface area contributed by atoms with Crippen molar-refractivity contribution in [3.63, 3.8) is 0 Å². The molecule has 1 N–H and O–H groups in total. The first-order chi connectivity index (χ1) is 13.0. The van der Waals surface area contributed by atoms with Gasteiger partial charge in [0, 0.05) is 24.9 Å². The van der Waals surface area contributed by atoms with Crippen molar-refractivity contribution in [1.29, 1.82) is 0 Å². The van der Waals surface area contributed by atoms with Crippen LogP contribution in [0.5, 0.6) is 5.75 Å². The Balaban J connectivity index is 1.44. The molecular weight excluding hydrogens is 366 g/mol. The van der Waals surface area contributed by atoms with Crippen LogP contribution >= 0.6 is 11.3 Å². The van der Waals surface area contributed by atoms with Gasteiger partial charge in [-0.3, -0.25) is 19.5 Å². The van der Waals surface area contributed by atoms with Crippen molar-refractivity contribution >= 4 is 33.3 Å². The molecule has 2 aromatic heterocycles. The highest BCUT2D eigenvalue weighted by Crippen LogP contribution is 2.23. The fourth-order valence-electron chi connectivity index (χ4n) is 2.98. The second kappa shape index (κ2) is 7.07. The number of hydrogen-bond donors (Lipinski definition) is 1. The Hall–Kier alpha value is -2.81. The largest absolute Gasteiger partial charge is 0.484 e. The van der Waals surface area contributed by atoms with Crippen LogP contribution in [0.4, 0.5) is 5.13 Å². The zero-order chi connectivity index (χ0) is 19.0. The Morgan fingerprint density at radius 3 is 3.00 bits per heavy atom. The zero-order valence-electron chi connectivity index (χ0n) is 15.1. The van der Waals surface area contributed by atoms with E-state index in [0.717, 1.165) is 30.2 Å². The maximum absolute atomic E-state index is 12.5. The van der Waals surface area contributed by atoms with Gasteiger partial charge in [0.2, 0.25) is 5.13 Å². The monoisotopic (exact) mass is 385 g/mol. The number of benzene rings is 1. The van der Waals surface area contributed by atoms with Gasteiger partial charge in [0.05, 0.1) is 10.9 Å². The lowest BCUT2D eigenvalue weighted by molar-refractivity contribution is -0.118. The van der Waals surface area contributed by atoms with Crippen LogP contribution in [0.15, 0.2) is 23.0 Å². The number of aromatic nitrogens is 4. The van der Waals surface area contributed by atoms with Crippen LogP contribution in [0.25, 0.3) is 10.9 Å². The number of nitrogens with one attached hydrogen (secondary N) is 1. The smallest absolute Gasteiger partial charge is 0.264 e. The topological polar surface area (TPSA) is 99.0 Å². The summed E-state index contributed by atoms with van der Waals surface area (Å²) in [6, 6.07) is 5.08. The molecular formula is C18H19N5O3S. The molecule has 1 aliphatic rings. The summed E-state index contributed by atoms with van der Waals surface area (Å²) in [4.78, 5) is 29.1. The van der Waals surface area contributed by atoms with Crippen LogP contribution in [-0.2, 0) is 17.8 Å². The zero-order valence-corrected chi connectivity index (χ0v) is 15.9. The predicted molar refractivity (Wildman–Crippen MR) is 102 cm³/mol. The van der Waals surface area contributed by atoms with Crippen LogP contribution in [0.1, 0.15) is 37.0 Å². The van der Waals surface area contributed by atoms with Gasteiger partial charge >= 0.3 is 0 Å². The van der Waals surface area contributed by atoms with Gasteiger partial charge in [0.15, 0.2) is 6.61 Å². The molecule has 0 aliphatic carbocycles. The summed E-state index contributed by atoms with van der Waals surface area (Å²) in [5.41, 5.74) is 0.575. The summed E-state index contributed by atoms with van der Waals surface area (Å²) in [5.74, 6) is 1.25. The van der Waals surface area contributed by atoms with E-state index in [1.54, 1.807) is 22.8 Å². The number of anilines is 1. The Morgan fingerprint density at radius 1 is 1.37 bits per heavy atom. The molecule has 0 fully saturated rings. The highest BCUT2D eigenvalue weighted by Gasteiger charge is 2.16. The van der Waals surface area contributed by atoms with Crippen LogP contribution < -0.4 is 15.6 Å². The second-order valence-corrected chi connectivity index (χ2v) is 7.71. The van der Waals surface area contributed by atoms with Crippen molar-refractivity contribution in [3.8, 4) is 5.75 Å². The molecule has 0 spiro atoms. The van der Waals surface area contributed by atoms with Gasteiger partial charge in [-0.1, -0.05) is 25.2 Å². The lowest BCUT2D eigenvalue weighted by Gasteiger charge is -2.08.